The molecule has 0 amide bonds. The van der Waals surface area contributed by atoms with Crippen LogP contribution in [0.25, 0.3) is 10.9 Å². The van der Waals surface area contributed by atoms with Gasteiger partial charge in [-0.1, -0.05) is 23.7 Å². The summed E-state index contributed by atoms with van der Waals surface area (Å²) in [7, 11) is 0. The first kappa shape index (κ1) is 16.4. The van der Waals surface area contributed by atoms with Gasteiger partial charge in [0.15, 0.2) is 4.77 Å². The molecule has 1 N–H and O–H groups in total. The lowest BCUT2D eigenvalue weighted by atomic mass is 10.2. The summed E-state index contributed by atoms with van der Waals surface area (Å²) >= 11 is 11.3. The molecule has 24 heavy (non-hydrogen) atoms. The molecular formula is C17H13ClN2O3S. The first-order chi connectivity index (χ1) is 11.5. The highest BCUT2D eigenvalue weighted by atomic mass is 35.5. The summed E-state index contributed by atoms with van der Waals surface area (Å²) < 4.78 is 6.31. The van der Waals surface area contributed by atoms with E-state index in [0.717, 1.165) is 4.57 Å². The number of carbonyl (C=O) groups excluding carboxylic acids is 1. The van der Waals surface area contributed by atoms with Crippen LogP contribution in [0.15, 0.2) is 47.3 Å². The van der Waals surface area contributed by atoms with Gasteiger partial charge >= 0.3 is 0 Å². The Balaban J connectivity index is 2.14. The maximum Gasteiger partial charge on any atom is 0.269 e. The summed E-state index contributed by atoms with van der Waals surface area (Å²) in [6.45, 7) is 2.30. The highest BCUT2D eigenvalue weighted by Gasteiger charge is 2.16. The van der Waals surface area contributed by atoms with Crippen LogP contribution < -0.4 is 10.3 Å². The van der Waals surface area contributed by atoms with E-state index < -0.39 is 11.5 Å². The Morgan fingerprint density at radius 1 is 1.29 bits per heavy atom. The van der Waals surface area contributed by atoms with Crippen molar-refractivity contribution < 1.29 is 9.53 Å². The van der Waals surface area contributed by atoms with Crippen LogP contribution in [0.3, 0.4) is 0 Å². The Bertz CT molecular complexity index is 1060. The van der Waals surface area contributed by atoms with Crippen molar-refractivity contribution in [2.24, 2.45) is 0 Å². The van der Waals surface area contributed by atoms with E-state index in [4.69, 9.17) is 28.6 Å². The third kappa shape index (κ3) is 2.86. The van der Waals surface area contributed by atoms with E-state index in [2.05, 4.69) is 4.98 Å². The van der Waals surface area contributed by atoms with Crippen molar-refractivity contribution in [1.29, 1.82) is 0 Å². The second kappa shape index (κ2) is 6.59. The molecule has 3 aromatic rings. The predicted molar refractivity (Wildman–Crippen MR) is 95.7 cm³/mol. The largest absolute Gasteiger partial charge is 0.492 e. The third-order valence-electron chi connectivity index (χ3n) is 3.49. The SMILES string of the molecule is CCOc1ccc(C(=O)n2c(=S)[nH]c3ccccc3c2=O)cc1Cl. The molecule has 0 saturated heterocycles. The number of ether oxygens (including phenoxy) is 1. The van der Waals surface area contributed by atoms with Gasteiger partial charge in [-0.05, 0) is 49.5 Å². The van der Waals surface area contributed by atoms with Crippen molar-refractivity contribution in [2.75, 3.05) is 6.61 Å². The Labute approximate surface area is 147 Å². The van der Waals surface area contributed by atoms with Gasteiger partial charge in [0.05, 0.1) is 22.5 Å². The molecule has 3 rings (SSSR count). The van der Waals surface area contributed by atoms with Crippen molar-refractivity contribution in [1.82, 2.24) is 9.55 Å². The molecule has 0 spiro atoms. The molecule has 0 aliphatic rings. The van der Waals surface area contributed by atoms with Gasteiger partial charge in [-0.15, -0.1) is 0 Å². The van der Waals surface area contributed by atoms with Gasteiger partial charge in [0.2, 0.25) is 0 Å². The highest BCUT2D eigenvalue weighted by molar-refractivity contribution is 7.71. The number of aromatic nitrogens is 2. The fourth-order valence-electron chi connectivity index (χ4n) is 2.38. The second-order valence-corrected chi connectivity index (χ2v) is 5.79. The van der Waals surface area contributed by atoms with Crippen LogP contribution in [0.2, 0.25) is 5.02 Å². The van der Waals surface area contributed by atoms with Gasteiger partial charge in [-0.2, -0.15) is 0 Å². The normalized spacial score (nSPS) is 10.8. The van der Waals surface area contributed by atoms with Gasteiger partial charge in [-0.3, -0.25) is 9.59 Å². The number of aromatic amines is 1. The number of rotatable bonds is 3. The minimum Gasteiger partial charge on any atom is -0.492 e. The number of carbonyl (C=O) groups is 1. The van der Waals surface area contributed by atoms with E-state index in [1.807, 2.05) is 6.92 Å². The van der Waals surface area contributed by atoms with Crippen LogP contribution in [0.1, 0.15) is 17.3 Å². The van der Waals surface area contributed by atoms with Gasteiger partial charge in [0.25, 0.3) is 11.5 Å². The number of fused-ring (bicyclic) bond motifs is 1. The number of nitrogens with one attached hydrogen (secondary N) is 1. The molecule has 7 heteroatoms. The fraction of sp³-hybridized carbons (Fsp3) is 0.118. The maximum atomic E-state index is 12.7. The van der Waals surface area contributed by atoms with Crippen molar-refractivity contribution in [3.8, 4) is 5.75 Å². The average molecular weight is 361 g/mol. The minimum absolute atomic E-state index is 0.0358. The van der Waals surface area contributed by atoms with Crippen LogP contribution in [0, 0.1) is 4.77 Å². The summed E-state index contributed by atoms with van der Waals surface area (Å²) in [6, 6.07) is 11.5. The van der Waals surface area contributed by atoms with Crippen LogP contribution in [0.5, 0.6) is 5.75 Å². The zero-order chi connectivity index (χ0) is 17.3. The van der Waals surface area contributed by atoms with E-state index >= 15 is 0 Å². The van der Waals surface area contributed by atoms with Crippen molar-refractivity contribution in [2.45, 2.75) is 6.92 Å². The quantitative estimate of drug-likeness (QED) is 0.721. The van der Waals surface area contributed by atoms with Crippen molar-refractivity contribution in [3.63, 3.8) is 0 Å². The molecule has 2 aromatic carbocycles. The third-order valence-corrected chi connectivity index (χ3v) is 4.07. The minimum atomic E-state index is -0.544. The number of benzene rings is 2. The molecule has 0 saturated carbocycles. The Morgan fingerprint density at radius 3 is 2.75 bits per heavy atom. The van der Waals surface area contributed by atoms with E-state index in [0.29, 0.717) is 28.3 Å². The van der Waals surface area contributed by atoms with E-state index in [1.54, 1.807) is 36.4 Å². The molecule has 0 unspecified atom stereocenters. The summed E-state index contributed by atoms with van der Waals surface area (Å²) in [6.07, 6.45) is 0. The Kier molecular flexibility index (Phi) is 4.51. The van der Waals surface area contributed by atoms with Gasteiger partial charge in [0, 0.05) is 5.56 Å². The summed E-state index contributed by atoms with van der Waals surface area (Å²) in [5, 5.41) is 0.683. The summed E-state index contributed by atoms with van der Waals surface area (Å²) in [5.41, 5.74) is 0.367. The lowest BCUT2D eigenvalue weighted by Crippen LogP contribution is -2.29. The molecule has 0 aliphatic carbocycles. The first-order valence-corrected chi connectivity index (χ1v) is 8.02. The van der Waals surface area contributed by atoms with Crippen LogP contribution in [0.4, 0.5) is 0 Å². The molecule has 1 heterocycles. The number of halogens is 1. The van der Waals surface area contributed by atoms with Crippen LogP contribution >= 0.6 is 23.8 Å². The Hall–Kier alpha value is -2.44. The van der Waals surface area contributed by atoms with Crippen LogP contribution in [-0.2, 0) is 0 Å². The molecule has 5 nitrogen and oxygen atoms in total. The number of para-hydroxylation sites is 1. The van der Waals surface area contributed by atoms with Gasteiger partial charge < -0.3 is 9.72 Å². The predicted octanol–water partition coefficient (Wildman–Crippen LogP) is 3.80. The van der Waals surface area contributed by atoms with E-state index in [1.165, 1.54) is 6.07 Å². The lowest BCUT2D eigenvalue weighted by molar-refractivity contribution is 0.0953. The number of hydrogen-bond donors (Lipinski definition) is 1. The smallest absolute Gasteiger partial charge is 0.269 e. The van der Waals surface area contributed by atoms with E-state index in [-0.39, 0.29) is 10.3 Å². The second-order valence-electron chi connectivity index (χ2n) is 5.00. The zero-order valence-corrected chi connectivity index (χ0v) is 14.3. The Morgan fingerprint density at radius 2 is 2.04 bits per heavy atom. The van der Waals surface area contributed by atoms with Crippen molar-refractivity contribution >= 4 is 40.6 Å². The van der Waals surface area contributed by atoms with Crippen LogP contribution in [-0.4, -0.2) is 22.1 Å². The molecule has 1 aromatic heterocycles. The molecule has 0 bridgehead atoms. The maximum absolute atomic E-state index is 12.7. The molecule has 0 atom stereocenters. The molecule has 0 radical (unpaired) electrons. The number of hydrogen-bond acceptors (Lipinski definition) is 4. The standard InChI is InChI=1S/C17H13ClN2O3S/c1-2-23-14-8-7-10(9-12(14)18)15(21)20-16(22)11-5-3-4-6-13(11)19-17(20)24/h3-9H,2H2,1H3,(H,19,24). The zero-order valence-electron chi connectivity index (χ0n) is 12.7. The average Bonchev–Trinajstić information content (AvgIpc) is 2.56. The molecule has 0 aliphatic heterocycles. The van der Waals surface area contributed by atoms with Gasteiger partial charge in [0.1, 0.15) is 5.75 Å². The number of nitrogens with zero attached hydrogens (tertiary/aromatic N) is 1. The molecular weight excluding hydrogens is 348 g/mol. The fourth-order valence-corrected chi connectivity index (χ4v) is 2.89. The first-order valence-electron chi connectivity index (χ1n) is 7.24. The van der Waals surface area contributed by atoms with Crippen molar-refractivity contribution in [3.05, 3.63) is 68.2 Å². The lowest BCUT2D eigenvalue weighted by Gasteiger charge is -2.09. The topological polar surface area (TPSA) is 64.1 Å². The highest BCUT2D eigenvalue weighted by Crippen LogP contribution is 2.25. The summed E-state index contributed by atoms with van der Waals surface area (Å²) in [4.78, 5) is 28.2. The molecule has 0 fully saturated rings. The van der Waals surface area contributed by atoms with Gasteiger partial charge in [-0.25, -0.2) is 4.57 Å². The number of H-pyrrole nitrogens is 1. The van der Waals surface area contributed by atoms with E-state index in [9.17, 15) is 9.59 Å². The molecule has 122 valence electrons. The summed E-state index contributed by atoms with van der Waals surface area (Å²) in [5.74, 6) is -0.0660. The monoisotopic (exact) mass is 360 g/mol.